The molecular weight excluding hydrogens is 270 g/mol. The number of aliphatic carboxylic acids is 1. The number of carbonyl (C=O) groups excluding carboxylic acids is 1. The number of amides is 1. The van der Waals surface area contributed by atoms with E-state index in [1.54, 1.807) is 20.8 Å². The first-order valence-corrected chi connectivity index (χ1v) is 6.03. The quantitative estimate of drug-likeness (QED) is 0.795. The van der Waals surface area contributed by atoms with Crippen molar-refractivity contribution in [2.24, 2.45) is 5.41 Å². The van der Waals surface area contributed by atoms with Crippen molar-refractivity contribution in [3.05, 3.63) is 28.8 Å². The monoisotopic (exact) mass is 285 g/mol. The predicted molar refractivity (Wildman–Crippen MR) is 71.5 cm³/mol. The maximum atomic E-state index is 12.0. The Hall–Kier alpha value is -1.75. The second kappa shape index (κ2) is 5.48. The van der Waals surface area contributed by atoms with Crippen LogP contribution in [0, 0.1) is 5.41 Å². The number of nitrogens with one attached hydrogen (secondary N) is 1. The molecule has 1 aromatic rings. The zero-order chi connectivity index (χ0) is 14.8. The number of hydrogen-bond donors (Lipinski definition) is 3. The number of phenols is 1. The van der Waals surface area contributed by atoms with Crippen molar-refractivity contribution in [1.82, 2.24) is 5.32 Å². The number of carboxylic acids is 1. The number of aromatic hydroxyl groups is 1. The van der Waals surface area contributed by atoms with Crippen LogP contribution in [0.5, 0.6) is 5.75 Å². The van der Waals surface area contributed by atoms with Crippen LogP contribution in [-0.2, 0) is 4.79 Å². The Morgan fingerprint density at radius 2 is 1.89 bits per heavy atom. The number of rotatable bonds is 3. The van der Waals surface area contributed by atoms with Crippen LogP contribution in [0.25, 0.3) is 0 Å². The van der Waals surface area contributed by atoms with Gasteiger partial charge in [0.15, 0.2) is 0 Å². The van der Waals surface area contributed by atoms with E-state index < -0.39 is 23.3 Å². The molecule has 0 spiro atoms. The molecule has 1 amide bonds. The molecule has 0 saturated heterocycles. The van der Waals surface area contributed by atoms with Gasteiger partial charge in [-0.3, -0.25) is 4.79 Å². The Balaban J connectivity index is 3.01. The SMILES string of the molecule is CC(C)(C)[C@H](NC(=O)c1cc(O)ccc1Cl)C(=O)O. The summed E-state index contributed by atoms with van der Waals surface area (Å²) < 4.78 is 0. The van der Waals surface area contributed by atoms with Crippen LogP contribution in [0.1, 0.15) is 31.1 Å². The third-order valence-corrected chi connectivity index (χ3v) is 2.91. The summed E-state index contributed by atoms with van der Waals surface area (Å²) in [4.78, 5) is 23.2. The van der Waals surface area contributed by atoms with Crippen LogP contribution in [-0.4, -0.2) is 28.1 Å². The van der Waals surface area contributed by atoms with E-state index in [2.05, 4.69) is 5.32 Å². The van der Waals surface area contributed by atoms with E-state index in [4.69, 9.17) is 16.7 Å². The second-order valence-electron chi connectivity index (χ2n) is 5.27. The number of benzene rings is 1. The summed E-state index contributed by atoms with van der Waals surface area (Å²) in [5.41, 5.74) is -0.609. The lowest BCUT2D eigenvalue weighted by Crippen LogP contribution is -2.49. The molecule has 1 rings (SSSR count). The van der Waals surface area contributed by atoms with Crippen molar-refractivity contribution in [2.75, 3.05) is 0 Å². The van der Waals surface area contributed by atoms with Crippen molar-refractivity contribution < 1.29 is 19.8 Å². The normalized spacial score (nSPS) is 12.8. The molecule has 19 heavy (non-hydrogen) atoms. The van der Waals surface area contributed by atoms with Crippen LogP contribution in [0.4, 0.5) is 0 Å². The zero-order valence-electron chi connectivity index (χ0n) is 10.9. The minimum Gasteiger partial charge on any atom is -0.508 e. The Morgan fingerprint density at radius 1 is 1.32 bits per heavy atom. The highest BCUT2D eigenvalue weighted by Crippen LogP contribution is 2.23. The third kappa shape index (κ3) is 3.86. The van der Waals surface area contributed by atoms with Crippen LogP contribution < -0.4 is 5.32 Å². The van der Waals surface area contributed by atoms with Gasteiger partial charge in [0.2, 0.25) is 0 Å². The zero-order valence-corrected chi connectivity index (χ0v) is 11.7. The van der Waals surface area contributed by atoms with E-state index in [1.165, 1.54) is 18.2 Å². The van der Waals surface area contributed by atoms with Crippen LogP contribution in [0.2, 0.25) is 5.02 Å². The molecule has 1 atom stereocenters. The van der Waals surface area contributed by atoms with Crippen molar-refractivity contribution in [3.8, 4) is 5.75 Å². The molecule has 0 unspecified atom stereocenters. The second-order valence-corrected chi connectivity index (χ2v) is 5.68. The molecule has 0 aliphatic heterocycles. The highest BCUT2D eigenvalue weighted by Gasteiger charge is 2.33. The fourth-order valence-corrected chi connectivity index (χ4v) is 1.75. The fourth-order valence-electron chi connectivity index (χ4n) is 1.54. The van der Waals surface area contributed by atoms with Crippen LogP contribution >= 0.6 is 11.6 Å². The molecule has 6 heteroatoms. The van der Waals surface area contributed by atoms with Gasteiger partial charge in [-0.25, -0.2) is 4.79 Å². The molecule has 0 radical (unpaired) electrons. The molecule has 0 bridgehead atoms. The maximum absolute atomic E-state index is 12.0. The first-order chi connectivity index (χ1) is 8.62. The van der Waals surface area contributed by atoms with Gasteiger partial charge in [0.1, 0.15) is 11.8 Å². The minimum absolute atomic E-state index is 0.0390. The van der Waals surface area contributed by atoms with E-state index in [9.17, 15) is 14.7 Å². The Labute approximate surface area is 116 Å². The van der Waals surface area contributed by atoms with E-state index in [0.717, 1.165) is 0 Å². The Morgan fingerprint density at radius 3 is 2.37 bits per heavy atom. The molecule has 1 aromatic carbocycles. The van der Waals surface area contributed by atoms with E-state index >= 15 is 0 Å². The number of carboxylic acid groups (broad SMARTS) is 1. The summed E-state index contributed by atoms with van der Waals surface area (Å²) in [6, 6.07) is 2.86. The summed E-state index contributed by atoms with van der Waals surface area (Å²) in [6.45, 7) is 5.11. The lowest BCUT2D eigenvalue weighted by Gasteiger charge is -2.27. The van der Waals surface area contributed by atoms with E-state index in [0.29, 0.717) is 0 Å². The summed E-state index contributed by atoms with van der Waals surface area (Å²) in [5.74, 6) is -1.88. The lowest BCUT2D eigenvalue weighted by atomic mass is 9.86. The summed E-state index contributed by atoms with van der Waals surface area (Å²) in [7, 11) is 0. The molecule has 0 saturated carbocycles. The lowest BCUT2D eigenvalue weighted by molar-refractivity contribution is -0.142. The van der Waals surface area contributed by atoms with Crippen LogP contribution in [0.15, 0.2) is 18.2 Å². The molecular formula is C13H16ClNO4. The van der Waals surface area contributed by atoms with Gasteiger partial charge in [-0.2, -0.15) is 0 Å². The highest BCUT2D eigenvalue weighted by molar-refractivity contribution is 6.33. The molecule has 0 aromatic heterocycles. The van der Waals surface area contributed by atoms with E-state index in [1.807, 2.05) is 0 Å². The molecule has 0 fully saturated rings. The predicted octanol–water partition coefficient (Wildman–Crippen LogP) is 2.27. The molecule has 3 N–H and O–H groups in total. The van der Waals surface area contributed by atoms with Crippen molar-refractivity contribution in [3.63, 3.8) is 0 Å². The van der Waals surface area contributed by atoms with Gasteiger partial charge < -0.3 is 15.5 Å². The number of halogens is 1. The third-order valence-electron chi connectivity index (χ3n) is 2.58. The topological polar surface area (TPSA) is 86.6 Å². The number of phenolic OH excluding ortho intramolecular Hbond substituents is 1. The van der Waals surface area contributed by atoms with Gasteiger partial charge in [0.25, 0.3) is 5.91 Å². The first kappa shape index (κ1) is 15.3. The van der Waals surface area contributed by atoms with Gasteiger partial charge in [0, 0.05) is 0 Å². The maximum Gasteiger partial charge on any atom is 0.326 e. The standard InChI is InChI=1S/C13H16ClNO4/c1-13(2,3)10(12(18)19)15-11(17)8-6-7(16)4-5-9(8)14/h4-6,10,16H,1-3H3,(H,15,17)(H,18,19)/t10-/m1/s1. The average molecular weight is 286 g/mol. The Kier molecular flexibility index (Phi) is 4.42. The fraction of sp³-hybridized carbons (Fsp3) is 0.385. The minimum atomic E-state index is -1.13. The molecule has 0 aliphatic rings. The van der Waals surface area contributed by atoms with Gasteiger partial charge in [-0.15, -0.1) is 0 Å². The van der Waals surface area contributed by atoms with Crippen molar-refractivity contribution >= 4 is 23.5 Å². The first-order valence-electron chi connectivity index (χ1n) is 5.65. The Bertz CT molecular complexity index is 508. The van der Waals surface area contributed by atoms with Gasteiger partial charge in [-0.05, 0) is 23.6 Å². The number of carbonyl (C=O) groups is 2. The largest absolute Gasteiger partial charge is 0.508 e. The van der Waals surface area contributed by atoms with Gasteiger partial charge in [-0.1, -0.05) is 32.4 Å². The average Bonchev–Trinajstić information content (AvgIpc) is 2.26. The van der Waals surface area contributed by atoms with E-state index in [-0.39, 0.29) is 16.3 Å². The molecule has 0 aliphatic carbocycles. The number of hydrogen-bond acceptors (Lipinski definition) is 3. The summed E-state index contributed by atoms with van der Waals surface area (Å²) >= 11 is 5.85. The smallest absolute Gasteiger partial charge is 0.326 e. The highest BCUT2D eigenvalue weighted by atomic mass is 35.5. The van der Waals surface area contributed by atoms with Crippen molar-refractivity contribution in [1.29, 1.82) is 0 Å². The van der Waals surface area contributed by atoms with Crippen molar-refractivity contribution in [2.45, 2.75) is 26.8 Å². The van der Waals surface area contributed by atoms with Crippen LogP contribution in [0.3, 0.4) is 0 Å². The van der Waals surface area contributed by atoms with Gasteiger partial charge >= 0.3 is 5.97 Å². The summed E-state index contributed by atoms with van der Waals surface area (Å²) in [6.07, 6.45) is 0. The molecule has 5 nitrogen and oxygen atoms in total. The molecule has 104 valence electrons. The van der Waals surface area contributed by atoms with Gasteiger partial charge in [0.05, 0.1) is 10.6 Å². The molecule has 0 heterocycles. The summed E-state index contributed by atoms with van der Waals surface area (Å²) in [5, 5.41) is 21.0.